The molecule has 0 aliphatic carbocycles. The highest BCUT2D eigenvalue weighted by atomic mass is 32.1. The quantitative estimate of drug-likeness (QED) is 0.802. The molecule has 1 N–H and O–H groups in total. The third kappa shape index (κ3) is 4.35. The second-order valence-corrected chi connectivity index (χ2v) is 3.58. The van der Waals surface area contributed by atoms with Crippen molar-refractivity contribution in [2.45, 2.75) is 20.0 Å². The molecule has 1 aromatic heterocycles. The summed E-state index contributed by atoms with van der Waals surface area (Å²) < 4.78 is 15.0. The van der Waals surface area contributed by atoms with Gasteiger partial charge >= 0.3 is 12.0 Å². The molecule has 1 rings (SSSR count). The van der Waals surface area contributed by atoms with Gasteiger partial charge in [-0.3, -0.25) is 5.32 Å². The van der Waals surface area contributed by atoms with E-state index < -0.39 is 0 Å². The van der Waals surface area contributed by atoms with E-state index in [4.69, 9.17) is 26.4 Å². The molecule has 0 fully saturated rings. The zero-order valence-corrected chi connectivity index (χ0v) is 10.9. The van der Waals surface area contributed by atoms with Crippen molar-refractivity contribution in [2.24, 2.45) is 0 Å². The number of ether oxygens (including phenoxy) is 3. The Hall–Kier alpha value is -1.70. The summed E-state index contributed by atoms with van der Waals surface area (Å²) in [5.41, 5.74) is 0. The van der Waals surface area contributed by atoms with Gasteiger partial charge in [-0.15, -0.1) is 4.98 Å². The van der Waals surface area contributed by atoms with E-state index in [0.29, 0.717) is 0 Å². The first kappa shape index (κ1) is 13.4. The molecular formula is C9H14N4O3S. The Bertz CT molecular complexity index is 378. The molecule has 0 amide bonds. The van der Waals surface area contributed by atoms with E-state index in [-0.39, 0.29) is 29.2 Å². The monoisotopic (exact) mass is 258 g/mol. The van der Waals surface area contributed by atoms with Crippen molar-refractivity contribution in [3.63, 3.8) is 0 Å². The highest BCUT2D eigenvalue weighted by Crippen LogP contribution is 2.12. The van der Waals surface area contributed by atoms with Gasteiger partial charge in [-0.25, -0.2) is 0 Å². The second-order valence-electron chi connectivity index (χ2n) is 3.21. The van der Waals surface area contributed by atoms with Crippen LogP contribution >= 0.6 is 12.2 Å². The molecule has 1 aromatic rings. The molecule has 0 unspecified atom stereocenters. The lowest BCUT2D eigenvalue weighted by molar-refractivity contribution is 0.234. The van der Waals surface area contributed by atoms with Crippen LogP contribution in [0.3, 0.4) is 0 Å². The van der Waals surface area contributed by atoms with E-state index in [0.717, 1.165) is 0 Å². The Kier molecular flexibility index (Phi) is 4.83. The number of anilines is 1. The van der Waals surface area contributed by atoms with Crippen molar-refractivity contribution in [1.29, 1.82) is 0 Å². The fourth-order valence-electron chi connectivity index (χ4n) is 0.911. The van der Waals surface area contributed by atoms with Gasteiger partial charge in [0.05, 0.1) is 20.3 Å². The maximum absolute atomic E-state index is 5.24. The van der Waals surface area contributed by atoms with E-state index in [9.17, 15) is 0 Å². The summed E-state index contributed by atoms with van der Waals surface area (Å²) in [5, 5.41) is 2.89. The molecule has 0 saturated heterocycles. The van der Waals surface area contributed by atoms with Crippen LogP contribution in [0.1, 0.15) is 13.8 Å². The largest absolute Gasteiger partial charge is 0.468 e. The predicted molar refractivity (Wildman–Crippen MR) is 65.4 cm³/mol. The Morgan fingerprint density at radius 3 is 2.06 bits per heavy atom. The summed E-state index contributed by atoms with van der Waals surface area (Å²) in [6, 6.07) is 0.262. The first-order valence-electron chi connectivity index (χ1n) is 4.87. The lowest BCUT2D eigenvalue weighted by atomic mass is 10.5. The molecule has 8 heteroatoms. The lowest BCUT2D eigenvalue weighted by Gasteiger charge is -2.11. The zero-order valence-electron chi connectivity index (χ0n) is 10.1. The maximum Gasteiger partial charge on any atom is 0.324 e. The van der Waals surface area contributed by atoms with Crippen molar-refractivity contribution < 1.29 is 14.2 Å². The SMILES string of the molecule is COc1nc(NC(=S)OC(C)C)nc(OC)n1. The lowest BCUT2D eigenvalue weighted by Crippen LogP contribution is -2.19. The van der Waals surface area contributed by atoms with Crippen molar-refractivity contribution >= 4 is 23.3 Å². The van der Waals surface area contributed by atoms with Crippen LogP contribution in [0.15, 0.2) is 0 Å². The Morgan fingerprint density at radius 1 is 1.12 bits per heavy atom. The molecular weight excluding hydrogens is 244 g/mol. The normalized spacial score (nSPS) is 9.94. The number of nitrogens with one attached hydrogen (secondary N) is 1. The minimum absolute atomic E-state index is 0.0272. The van der Waals surface area contributed by atoms with Gasteiger partial charge in [-0.1, -0.05) is 0 Å². The molecule has 0 bridgehead atoms. The highest BCUT2D eigenvalue weighted by molar-refractivity contribution is 7.80. The van der Waals surface area contributed by atoms with Crippen molar-refractivity contribution in [2.75, 3.05) is 19.5 Å². The summed E-state index contributed by atoms with van der Waals surface area (Å²) in [6.07, 6.45) is -0.0272. The van der Waals surface area contributed by atoms with Gasteiger partial charge < -0.3 is 14.2 Å². The predicted octanol–water partition coefficient (Wildman–Crippen LogP) is 1.01. The van der Waals surface area contributed by atoms with Crippen molar-refractivity contribution in [3.8, 4) is 12.0 Å². The van der Waals surface area contributed by atoms with Gasteiger partial charge in [0.1, 0.15) is 0 Å². The molecule has 0 atom stereocenters. The van der Waals surface area contributed by atoms with Crippen LogP contribution < -0.4 is 14.8 Å². The van der Waals surface area contributed by atoms with Gasteiger partial charge in [0, 0.05) is 0 Å². The Balaban J connectivity index is 2.79. The van der Waals surface area contributed by atoms with E-state index in [1.54, 1.807) is 0 Å². The van der Waals surface area contributed by atoms with Gasteiger partial charge in [0.25, 0.3) is 5.17 Å². The molecule has 0 aromatic carbocycles. The molecule has 94 valence electrons. The van der Waals surface area contributed by atoms with Gasteiger partial charge in [-0.2, -0.15) is 9.97 Å². The maximum atomic E-state index is 5.24. The summed E-state index contributed by atoms with van der Waals surface area (Å²) in [5.74, 6) is 0.208. The number of thiocarbonyl (C=S) groups is 1. The molecule has 0 aliphatic heterocycles. The van der Waals surface area contributed by atoms with E-state index in [1.807, 2.05) is 13.8 Å². The average molecular weight is 258 g/mol. The smallest absolute Gasteiger partial charge is 0.324 e. The van der Waals surface area contributed by atoms with E-state index in [2.05, 4.69) is 20.3 Å². The molecule has 7 nitrogen and oxygen atoms in total. The fraction of sp³-hybridized carbons (Fsp3) is 0.556. The van der Waals surface area contributed by atoms with Crippen LogP contribution in [0.2, 0.25) is 0 Å². The first-order valence-corrected chi connectivity index (χ1v) is 5.27. The summed E-state index contributed by atoms with van der Waals surface area (Å²) in [4.78, 5) is 11.7. The van der Waals surface area contributed by atoms with E-state index >= 15 is 0 Å². The van der Waals surface area contributed by atoms with Crippen LogP contribution in [0.25, 0.3) is 0 Å². The molecule has 1 heterocycles. The van der Waals surface area contributed by atoms with Crippen molar-refractivity contribution in [3.05, 3.63) is 0 Å². The standard InChI is InChI=1S/C9H14N4O3S/c1-5(2)16-9(17)12-6-10-7(14-3)13-8(11-6)15-4/h5H,1-4H3,(H,10,11,12,13,17). The van der Waals surface area contributed by atoms with Crippen molar-refractivity contribution in [1.82, 2.24) is 15.0 Å². The number of hydrogen-bond donors (Lipinski definition) is 1. The second kappa shape index (κ2) is 6.14. The molecule has 0 aliphatic rings. The summed E-state index contributed by atoms with van der Waals surface area (Å²) in [6.45, 7) is 3.73. The third-order valence-electron chi connectivity index (χ3n) is 1.52. The minimum Gasteiger partial charge on any atom is -0.468 e. The Labute approximate surface area is 105 Å². The molecule has 0 radical (unpaired) electrons. The topological polar surface area (TPSA) is 78.4 Å². The molecule has 0 spiro atoms. The first-order chi connectivity index (χ1) is 8.05. The van der Waals surface area contributed by atoms with Crippen LogP contribution in [0, 0.1) is 0 Å². The molecule has 17 heavy (non-hydrogen) atoms. The average Bonchev–Trinajstić information content (AvgIpc) is 2.27. The summed E-state index contributed by atoms with van der Waals surface area (Å²) in [7, 11) is 2.89. The molecule has 0 saturated carbocycles. The van der Waals surface area contributed by atoms with Crippen LogP contribution in [-0.2, 0) is 4.74 Å². The highest BCUT2D eigenvalue weighted by Gasteiger charge is 2.09. The summed E-state index contributed by atoms with van der Waals surface area (Å²) >= 11 is 4.96. The number of methoxy groups -OCH3 is 2. The number of hydrogen-bond acceptors (Lipinski definition) is 7. The third-order valence-corrected chi connectivity index (χ3v) is 1.71. The number of rotatable bonds is 4. The Morgan fingerprint density at radius 2 is 1.65 bits per heavy atom. The fourth-order valence-corrected chi connectivity index (χ4v) is 1.20. The number of nitrogens with zero attached hydrogens (tertiary/aromatic N) is 3. The van der Waals surface area contributed by atoms with Crippen LogP contribution in [-0.4, -0.2) is 40.5 Å². The number of aromatic nitrogens is 3. The van der Waals surface area contributed by atoms with Crippen LogP contribution in [0.4, 0.5) is 5.95 Å². The van der Waals surface area contributed by atoms with E-state index in [1.165, 1.54) is 14.2 Å². The van der Waals surface area contributed by atoms with Gasteiger partial charge in [0.15, 0.2) is 0 Å². The minimum atomic E-state index is -0.0272. The van der Waals surface area contributed by atoms with Gasteiger partial charge in [-0.05, 0) is 26.1 Å². The van der Waals surface area contributed by atoms with Gasteiger partial charge in [0.2, 0.25) is 5.95 Å². The van der Waals surface area contributed by atoms with Crippen LogP contribution in [0.5, 0.6) is 12.0 Å². The zero-order chi connectivity index (χ0) is 12.8.